The number of anilines is 1. The fourth-order valence-electron chi connectivity index (χ4n) is 5.95. The summed E-state index contributed by atoms with van der Waals surface area (Å²) in [5.74, 6) is -1.38. The molecule has 0 radical (unpaired) electrons. The van der Waals surface area contributed by atoms with Gasteiger partial charge in [-0.2, -0.15) is 0 Å². The van der Waals surface area contributed by atoms with E-state index in [4.69, 9.17) is 14.2 Å². The number of carboxylic acid groups (broad SMARTS) is 1. The van der Waals surface area contributed by atoms with Gasteiger partial charge in [-0.05, 0) is 78.8 Å². The molecular weight excluding hydrogens is 560 g/mol. The molecule has 0 aromatic heterocycles. The van der Waals surface area contributed by atoms with Crippen molar-refractivity contribution in [3.63, 3.8) is 0 Å². The summed E-state index contributed by atoms with van der Waals surface area (Å²) in [5, 5.41) is 9.51. The van der Waals surface area contributed by atoms with Crippen molar-refractivity contribution in [2.24, 2.45) is 0 Å². The summed E-state index contributed by atoms with van der Waals surface area (Å²) >= 11 is 0. The summed E-state index contributed by atoms with van der Waals surface area (Å²) < 4.78 is 16.8. The van der Waals surface area contributed by atoms with Gasteiger partial charge in [0, 0.05) is 37.8 Å². The van der Waals surface area contributed by atoms with Crippen LogP contribution in [0, 0.1) is 6.92 Å². The minimum atomic E-state index is -0.925. The number of hydrogen-bond donors (Lipinski definition) is 1. The third-order valence-corrected chi connectivity index (χ3v) is 8.09. The van der Waals surface area contributed by atoms with Crippen molar-refractivity contribution >= 4 is 23.7 Å². The van der Waals surface area contributed by atoms with Crippen LogP contribution in [0.25, 0.3) is 11.1 Å². The molecule has 9 nitrogen and oxygen atoms in total. The van der Waals surface area contributed by atoms with Gasteiger partial charge in [-0.3, -0.25) is 4.79 Å². The number of benzene rings is 3. The molecule has 1 saturated heterocycles. The van der Waals surface area contributed by atoms with E-state index in [1.54, 1.807) is 25.7 Å². The van der Waals surface area contributed by atoms with E-state index >= 15 is 0 Å². The summed E-state index contributed by atoms with van der Waals surface area (Å²) in [6.07, 6.45) is -0.462. The van der Waals surface area contributed by atoms with Crippen molar-refractivity contribution in [1.29, 1.82) is 0 Å². The zero-order valence-corrected chi connectivity index (χ0v) is 25.8. The molecule has 9 heteroatoms. The molecule has 1 aliphatic heterocycles. The largest absolute Gasteiger partial charge is 0.481 e. The van der Waals surface area contributed by atoms with Crippen molar-refractivity contribution in [3.8, 4) is 11.1 Å². The maximum atomic E-state index is 13.1. The maximum absolute atomic E-state index is 13.1. The molecule has 44 heavy (non-hydrogen) atoms. The van der Waals surface area contributed by atoms with Gasteiger partial charge in [0.05, 0.1) is 13.0 Å². The Morgan fingerprint density at radius 2 is 1.48 bits per heavy atom. The Morgan fingerprint density at radius 3 is 2.07 bits per heavy atom. The predicted molar refractivity (Wildman–Crippen MR) is 167 cm³/mol. The first-order valence-corrected chi connectivity index (χ1v) is 15.0. The molecule has 1 amide bonds. The minimum absolute atomic E-state index is 0.00353. The van der Waals surface area contributed by atoms with Crippen molar-refractivity contribution < 1.29 is 33.7 Å². The van der Waals surface area contributed by atoms with Crippen molar-refractivity contribution in [3.05, 3.63) is 88.5 Å². The Labute approximate surface area is 258 Å². The van der Waals surface area contributed by atoms with E-state index in [-0.39, 0.29) is 38.3 Å². The van der Waals surface area contributed by atoms with E-state index in [1.165, 1.54) is 22.3 Å². The van der Waals surface area contributed by atoms with Gasteiger partial charge in [0.1, 0.15) is 18.8 Å². The van der Waals surface area contributed by atoms with Crippen LogP contribution in [0.1, 0.15) is 54.5 Å². The van der Waals surface area contributed by atoms with E-state index in [9.17, 15) is 19.5 Å². The normalized spacial score (nSPS) is 14.6. The summed E-state index contributed by atoms with van der Waals surface area (Å²) in [6, 6.07) is 20.4. The molecule has 1 aliphatic carbocycles. The van der Waals surface area contributed by atoms with E-state index in [0.29, 0.717) is 31.7 Å². The molecule has 3 aromatic rings. The fourth-order valence-corrected chi connectivity index (χ4v) is 5.95. The number of amides is 1. The van der Waals surface area contributed by atoms with Gasteiger partial charge >= 0.3 is 18.0 Å². The number of fused-ring (bicyclic) bond motifs is 3. The molecule has 2 aliphatic rings. The van der Waals surface area contributed by atoms with Crippen LogP contribution in [0.3, 0.4) is 0 Å². The molecule has 232 valence electrons. The molecule has 5 rings (SSSR count). The number of ether oxygens (including phenoxy) is 3. The maximum Gasteiger partial charge on any atom is 0.409 e. The topological polar surface area (TPSA) is 106 Å². The molecule has 0 saturated carbocycles. The van der Waals surface area contributed by atoms with Crippen molar-refractivity contribution in [1.82, 2.24) is 4.90 Å². The van der Waals surface area contributed by atoms with Crippen LogP contribution >= 0.6 is 0 Å². The van der Waals surface area contributed by atoms with E-state index in [2.05, 4.69) is 29.2 Å². The van der Waals surface area contributed by atoms with Gasteiger partial charge in [-0.1, -0.05) is 48.5 Å². The fraction of sp³-hybridized carbons (Fsp3) is 0.400. The average Bonchev–Trinajstić information content (AvgIpc) is 3.30. The Morgan fingerprint density at radius 1 is 0.886 bits per heavy atom. The van der Waals surface area contributed by atoms with E-state index in [0.717, 1.165) is 16.8 Å². The minimum Gasteiger partial charge on any atom is -0.481 e. The number of hydrogen-bond acceptors (Lipinski definition) is 7. The number of esters is 1. The number of rotatable bonds is 9. The molecule has 3 aromatic carbocycles. The molecule has 1 N–H and O–H groups in total. The quantitative estimate of drug-likeness (QED) is 0.319. The summed E-state index contributed by atoms with van der Waals surface area (Å²) in [6.45, 7) is 9.55. The van der Waals surface area contributed by atoms with Crippen LogP contribution < -0.4 is 4.90 Å². The Bertz CT molecular complexity index is 1490. The first-order chi connectivity index (χ1) is 21.0. The third-order valence-electron chi connectivity index (χ3n) is 8.09. The highest BCUT2D eigenvalue weighted by atomic mass is 16.6. The lowest BCUT2D eigenvalue weighted by molar-refractivity contribution is -0.160. The molecule has 1 fully saturated rings. The Kier molecular flexibility index (Phi) is 9.25. The highest BCUT2D eigenvalue weighted by Crippen LogP contribution is 2.44. The van der Waals surface area contributed by atoms with E-state index in [1.807, 2.05) is 43.3 Å². The lowest BCUT2D eigenvalue weighted by atomic mass is 9.98. The van der Waals surface area contributed by atoms with Crippen LogP contribution in [-0.2, 0) is 36.8 Å². The van der Waals surface area contributed by atoms with Gasteiger partial charge < -0.3 is 29.1 Å². The zero-order chi connectivity index (χ0) is 31.4. The highest BCUT2D eigenvalue weighted by molar-refractivity contribution is 5.79. The summed E-state index contributed by atoms with van der Waals surface area (Å²) in [5.41, 5.74) is 7.29. The summed E-state index contributed by atoms with van der Waals surface area (Å²) in [7, 11) is 0. The lowest BCUT2D eigenvalue weighted by Gasteiger charge is -2.36. The second-order valence-corrected chi connectivity index (χ2v) is 12.3. The number of carbonyl (C=O) groups is 3. The van der Waals surface area contributed by atoms with Crippen LogP contribution in [0.2, 0.25) is 0 Å². The highest BCUT2D eigenvalue weighted by Gasteiger charge is 2.30. The Balaban J connectivity index is 1.20. The molecule has 0 spiro atoms. The second-order valence-electron chi connectivity index (χ2n) is 12.3. The summed E-state index contributed by atoms with van der Waals surface area (Å²) in [4.78, 5) is 40.7. The number of carboxylic acids is 1. The third kappa shape index (κ3) is 7.22. The number of aliphatic carboxylic acids is 1. The SMILES string of the molecule is Cc1c(COCC(=O)OC(C)(C)C)cc(N2CCN(C(=O)OCC3c4ccccc4-c4ccccc43)CC2)cc1CC(=O)O. The van der Waals surface area contributed by atoms with Crippen molar-refractivity contribution in [2.45, 2.75) is 52.2 Å². The monoisotopic (exact) mass is 600 g/mol. The lowest BCUT2D eigenvalue weighted by Crippen LogP contribution is -2.49. The smallest absolute Gasteiger partial charge is 0.409 e. The van der Waals surface area contributed by atoms with Gasteiger partial charge in [-0.25, -0.2) is 9.59 Å². The average molecular weight is 601 g/mol. The van der Waals surface area contributed by atoms with Gasteiger partial charge in [0.25, 0.3) is 0 Å². The van der Waals surface area contributed by atoms with E-state index < -0.39 is 17.5 Å². The number of piperazine rings is 1. The van der Waals surface area contributed by atoms with Gasteiger partial charge in [0.2, 0.25) is 0 Å². The van der Waals surface area contributed by atoms with Crippen LogP contribution in [0.15, 0.2) is 60.7 Å². The second kappa shape index (κ2) is 13.1. The van der Waals surface area contributed by atoms with Crippen LogP contribution in [0.4, 0.5) is 10.5 Å². The predicted octanol–water partition coefficient (Wildman–Crippen LogP) is 5.55. The van der Waals surface area contributed by atoms with Crippen molar-refractivity contribution in [2.75, 3.05) is 44.3 Å². The number of carbonyl (C=O) groups excluding carboxylic acids is 2. The molecule has 1 heterocycles. The van der Waals surface area contributed by atoms with Gasteiger partial charge in [0.15, 0.2) is 0 Å². The Hall–Kier alpha value is -4.37. The number of nitrogens with zero attached hydrogens (tertiary/aromatic N) is 2. The molecule has 0 unspecified atom stereocenters. The first-order valence-electron chi connectivity index (χ1n) is 15.0. The first kappa shape index (κ1) is 31.1. The van der Waals surface area contributed by atoms with Crippen LogP contribution in [0.5, 0.6) is 0 Å². The van der Waals surface area contributed by atoms with Gasteiger partial charge in [-0.15, -0.1) is 0 Å². The standard InChI is InChI=1S/C35H40N2O7/c1-23-24(19-32(38)39)17-26(18-25(23)20-42-22-33(40)44-35(2,3)4)36-13-15-37(16-14-36)34(41)43-21-31-29-11-7-5-9-27(29)28-10-6-8-12-30(28)31/h5-12,17-18,31H,13-16,19-22H2,1-4H3,(H,38,39). The van der Waals surface area contributed by atoms with Crippen LogP contribution in [-0.4, -0.2) is 73.0 Å². The molecule has 0 atom stereocenters. The molecule has 0 bridgehead atoms. The molecular formula is C35H40N2O7. The zero-order valence-electron chi connectivity index (χ0n) is 25.8.